The van der Waals surface area contributed by atoms with Gasteiger partial charge in [0, 0.05) is 37.8 Å². The number of rotatable bonds is 8. The number of nitriles is 1. The molecule has 2 aromatic carbocycles. The van der Waals surface area contributed by atoms with Crippen molar-refractivity contribution in [1.82, 2.24) is 9.88 Å². The standard InChI is InChI=1S/C30H35N5/c31-20-27-26-17-19-35(21-24-12-6-2-7-13-24)22-28(26)30(33-25-14-8-3-9-15-25)34-29(27)32-18-16-23-10-4-1-5-11-23/h1-2,4-7,10-13,25H,3,8-9,14-19,21-22H2,(H2,32,33,34). The maximum Gasteiger partial charge on any atom is 0.146 e. The monoisotopic (exact) mass is 465 g/mol. The zero-order chi connectivity index (χ0) is 23.9. The van der Waals surface area contributed by atoms with Crippen molar-refractivity contribution in [3.05, 3.63) is 88.5 Å². The molecule has 0 atom stereocenters. The largest absolute Gasteiger partial charge is 0.369 e. The van der Waals surface area contributed by atoms with Crippen molar-refractivity contribution in [3.8, 4) is 6.07 Å². The Balaban J connectivity index is 1.40. The lowest BCUT2D eigenvalue weighted by atomic mass is 9.93. The Morgan fingerprint density at radius 1 is 0.886 bits per heavy atom. The third-order valence-electron chi connectivity index (χ3n) is 7.33. The molecule has 0 spiro atoms. The Hall–Kier alpha value is -3.36. The third kappa shape index (κ3) is 5.83. The van der Waals surface area contributed by atoms with Crippen LogP contribution in [-0.4, -0.2) is 29.0 Å². The molecule has 1 aliphatic carbocycles. The highest BCUT2D eigenvalue weighted by Gasteiger charge is 2.27. The summed E-state index contributed by atoms with van der Waals surface area (Å²) < 4.78 is 0. The number of aromatic nitrogens is 1. The third-order valence-corrected chi connectivity index (χ3v) is 7.33. The fourth-order valence-electron chi connectivity index (χ4n) is 5.45. The summed E-state index contributed by atoms with van der Waals surface area (Å²) in [4.78, 5) is 7.53. The molecule has 1 fully saturated rings. The molecule has 0 amide bonds. The Morgan fingerprint density at radius 2 is 1.60 bits per heavy atom. The zero-order valence-corrected chi connectivity index (χ0v) is 20.5. The van der Waals surface area contributed by atoms with Crippen LogP contribution in [0.2, 0.25) is 0 Å². The second-order valence-electron chi connectivity index (χ2n) is 9.84. The van der Waals surface area contributed by atoms with Gasteiger partial charge in [0.05, 0.1) is 5.56 Å². The first-order chi connectivity index (χ1) is 17.3. The second-order valence-corrected chi connectivity index (χ2v) is 9.84. The summed E-state index contributed by atoms with van der Waals surface area (Å²) in [6, 6.07) is 24.1. The number of benzene rings is 2. The minimum absolute atomic E-state index is 0.468. The van der Waals surface area contributed by atoms with Gasteiger partial charge in [0.1, 0.15) is 17.7 Å². The minimum Gasteiger partial charge on any atom is -0.369 e. The highest BCUT2D eigenvalue weighted by molar-refractivity contribution is 5.66. The maximum atomic E-state index is 10.1. The highest BCUT2D eigenvalue weighted by Crippen LogP contribution is 2.34. The average molecular weight is 466 g/mol. The summed E-state index contributed by atoms with van der Waals surface area (Å²) in [6.07, 6.45) is 8.05. The molecule has 0 saturated heterocycles. The summed E-state index contributed by atoms with van der Waals surface area (Å²) >= 11 is 0. The first-order valence-electron chi connectivity index (χ1n) is 13.1. The molecular weight excluding hydrogens is 430 g/mol. The Kier molecular flexibility index (Phi) is 7.60. The normalized spacial score (nSPS) is 16.3. The fourth-order valence-corrected chi connectivity index (χ4v) is 5.45. The Morgan fingerprint density at radius 3 is 2.31 bits per heavy atom. The molecule has 1 saturated carbocycles. The van der Waals surface area contributed by atoms with E-state index in [9.17, 15) is 5.26 Å². The van der Waals surface area contributed by atoms with E-state index in [1.807, 2.05) is 6.07 Å². The van der Waals surface area contributed by atoms with E-state index in [4.69, 9.17) is 4.98 Å². The molecular formula is C30H35N5. The van der Waals surface area contributed by atoms with Crippen molar-refractivity contribution >= 4 is 11.6 Å². The summed E-state index contributed by atoms with van der Waals surface area (Å²) in [6.45, 7) is 3.45. The van der Waals surface area contributed by atoms with Crippen molar-refractivity contribution < 1.29 is 0 Å². The van der Waals surface area contributed by atoms with Crippen LogP contribution < -0.4 is 10.6 Å². The quantitative estimate of drug-likeness (QED) is 0.433. The lowest BCUT2D eigenvalue weighted by Gasteiger charge is -2.33. The van der Waals surface area contributed by atoms with Crippen LogP contribution in [0.4, 0.5) is 11.6 Å². The predicted octanol–water partition coefficient (Wildman–Crippen LogP) is 5.91. The number of nitrogens with zero attached hydrogens (tertiary/aromatic N) is 3. The van der Waals surface area contributed by atoms with E-state index >= 15 is 0 Å². The van der Waals surface area contributed by atoms with Gasteiger partial charge in [0.15, 0.2) is 0 Å². The van der Waals surface area contributed by atoms with E-state index in [2.05, 4.69) is 76.2 Å². The zero-order valence-electron chi connectivity index (χ0n) is 20.5. The molecule has 1 aliphatic heterocycles. The average Bonchev–Trinajstić information content (AvgIpc) is 2.91. The lowest BCUT2D eigenvalue weighted by molar-refractivity contribution is 0.245. The van der Waals surface area contributed by atoms with Gasteiger partial charge >= 0.3 is 0 Å². The minimum atomic E-state index is 0.468. The summed E-state index contributed by atoms with van der Waals surface area (Å²) in [7, 11) is 0. The van der Waals surface area contributed by atoms with Crippen LogP contribution >= 0.6 is 0 Å². The molecule has 0 radical (unpaired) electrons. The molecule has 5 rings (SSSR count). The SMILES string of the molecule is N#Cc1c(NCCc2ccccc2)nc(NC2CCCCC2)c2c1CCN(Cc1ccccc1)C2. The lowest BCUT2D eigenvalue weighted by Crippen LogP contribution is -2.33. The van der Waals surface area contributed by atoms with Crippen LogP contribution in [-0.2, 0) is 25.9 Å². The van der Waals surface area contributed by atoms with E-state index < -0.39 is 0 Å². The van der Waals surface area contributed by atoms with Crippen LogP contribution in [0.3, 0.4) is 0 Å². The molecule has 3 aromatic rings. The van der Waals surface area contributed by atoms with Crippen molar-refractivity contribution in [2.24, 2.45) is 0 Å². The number of hydrogen-bond acceptors (Lipinski definition) is 5. The molecule has 2 N–H and O–H groups in total. The molecule has 0 bridgehead atoms. The van der Waals surface area contributed by atoms with Crippen LogP contribution in [0.15, 0.2) is 60.7 Å². The fraction of sp³-hybridized carbons (Fsp3) is 0.400. The molecule has 5 nitrogen and oxygen atoms in total. The van der Waals surface area contributed by atoms with Gasteiger partial charge in [0.25, 0.3) is 0 Å². The predicted molar refractivity (Wildman–Crippen MR) is 142 cm³/mol. The van der Waals surface area contributed by atoms with Crippen molar-refractivity contribution in [2.75, 3.05) is 23.7 Å². The number of fused-ring (bicyclic) bond motifs is 1. The van der Waals surface area contributed by atoms with Gasteiger partial charge in [-0.25, -0.2) is 4.98 Å². The van der Waals surface area contributed by atoms with Crippen molar-refractivity contribution in [1.29, 1.82) is 5.26 Å². The van der Waals surface area contributed by atoms with Crippen molar-refractivity contribution in [2.45, 2.75) is 64.1 Å². The van der Waals surface area contributed by atoms with Gasteiger partial charge in [-0.1, -0.05) is 79.9 Å². The van der Waals surface area contributed by atoms with Gasteiger partial charge < -0.3 is 10.6 Å². The van der Waals surface area contributed by atoms with Crippen LogP contribution in [0.1, 0.15) is 59.9 Å². The smallest absolute Gasteiger partial charge is 0.146 e. The van der Waals surface area contributed by atoms with Crippen LogP contribution in [0, 0.1) is 11.3 Å². The van der Waals surface area contributed by atoms with Crippen molar-refractivity contribution in [3.63, 3.8) is 0 Å². The molecule has 2 aliphatic rings. The molecule has 0 unspecified atom stereocenters. The first-order valence-corrected chi connectivity index (χ1v) is 13.1. The summed E-state index contributed by atoms with van der Waals surface area (Å²) in [5.41, 5.74) is 5.72. The number of pyridine rings is 1. The maximum absolute atomic E-state index is 10.1. The van der Waals surface area contributed by atoms with Gasteiger partial charge in [-0.15, -0.1) is 0 Å². The molecule has 180 valence electrons. The van der Waals surface area contributed by atoms with Crippen LogP contribution in [0.5, 0.6) is 0 Å². The molecule has 5 heteroatoms. The Labute approximate surface area is 209 Å². The molecule has 2 heterocycles. The van der Waals surface area contributed by atoms with Gasteiger partial charge in [0.2, 0.25) is 0 Å². The van der Waals surface area contributed by atoms with E-state index in [-0.39, 0.29) is 0 Å². The van der Waals surface area contributed by atoms with E-state index in [1.54, 1.807) is 0 Å². The van der Waals surface area contributed by atoms with Gasteiger partial charge in [-0.05, 0) is 42.4 Å². The summed E-state index contributed by atoms with van der Waals surface area (Å²) in [5, 5.41) is 17.5. The van der Waals surface area contributed by atoms with Crippen LogP contribution in [0.25, 0.3) is 0 Å². The van der Waals surface area contributed by atoms with Gasteiger partial charge in [-0.2, -0.15) is 5.26 Å². The number of anilines is 2. The Bertz CT molecular complexity index is 1150. The van der Waals surface area contributed by atoms with E-state index in [0.717, 1.165) is 56.2 Å². The second kappa shape index (κ2) is 11.4. The molecule has 1 aromatic heterocycles. The number of hydrogen-bond donors (Lipinski definition) is 2. The highest BCUT2D eigenvalue weighted by atomic mass is 15.1. The summed E-state index contributed by atoms with van der Waals surface area (Å²) in [5.74, 6) is 1.71. The topological polar surface area (TPSA) is 64.0 Å². The van der Waals surface area contributed by atoms with Gasteiger partial charge in [-0.3, -0.25) is 4.90 Å². The molecule has 35 heavy (non-hydrogen) atoms. The van der Waals surface area contributed by atoms with E-state index in [0.29, 0.717) is 6.04 Å². The number of nitrogens with one attached hydrogen (secondary N) is 2. The first kappa shape index (κ1) is 23.4. The van der Waals surface area contributed by atoms with E-state index in [1.165, 1.54) is 54.4 Å².